The summed E-state index contributed by atoms with van der Waals surface area (Å²) in [6, 6.07) is 8.49. The number of benzene rings is 1. The number of hydrogen-bond donors (Lipinski definition) is 1. The summed E-state index contributed by atoms with van der Waals surface area (Å²) in [6.45, 7) is 2.56. The van der Waals surface area contributed by atoms with E-state index in [1.807, 2.05) is 0 Å². The quantitative estimate of drug-likeness (QED) is 0.700. The molecule has 0 unspecified atom stereocenters. The standard InChI is InChI=1S/C10H14N2O/c11-13-8-7-12-6-5-9-3-1-2-4-10(9)12/h1-4H,5-8,11H2. The molecule has 0 saturated carbocycles. The summed E-state index contributed by atoms with van der Waals surface area (Å²) in [5.74, 6) is 5.00. The molecule has 1 aromatic rings. The Labute approximate surface area is 78.1 Å². The van der Waals surface area contributed by atoms with Gasteiger partial charge in [-0.25, -0.2) is 5.90 Å². The summed E-state index contributed by atoms with van der Waals surface area (Å²) in [4.78, 5) is 6.88. The summed E-state index contributed by atoms with van der Waals surface area (Å²) in [7, 11) is 0. The number of rotatable bonds is 3. The van der Waals surface area contributed by atoms with Crippen LogP contribution in [0.1, 0.15) is 5.56 Å². The normalized spacial score (nSPS) is 14.7. The van der Waals surface area contributed by atoms with Crippen LogP contribution >= 0.6 is 0 Å². The second-order valence-corrected chi connectivity index (χ2v) is 3.24. The first-order chi connectivity index (χ1) is 6.42. The molecule has 3 heteroatoms. The van der Waals surface area contributed by atoms with Gasteiger partial charge in [-0.1, -0.05) is 18.2 Å². The van der Waals surface area contributed by atoms with Crippen molar-refractivity contribution in [1.29, 1.82) is 0 Å². The average Bonchev–Trinajstić information content (AvgIpc) is 2.58. The largest absolute Gasteiger partial charge is 0.369 e. The summed E-state index contributed by atoms with van der Waals surface area (Å²) in [5, 5.41) is 0. The Morgan fingerprint density at radius 3 is 3.08 bits per heavy atom. The second-order valence-electron chi connectivity index (χ2n) is 3.24. The predicted octanol–water partition coefficient (Wildman–Crippen LogP) is 0.939. The first kappa shape index (κ1) is 8.53. The van der Waals surface area contributed by atoms with Gasteiger partial charge >= 0.3 is 0 Å². The Bertz CT molecular complexity index is 288. The zero-order chi connectivity index (χ0) is 9.10. The molecule has 1 aromatic carbocycles. The van der Waals surface area contributed by atoms with Crippen molar-refractivity contribution in [3.05, 3.63) is 29.8 Å². The maximum atomic E-state index is 5.00. The summed E-state index contributed by atoms with van der Waals surface area (Å²) in [5.41, 5.74) is 2.76. The molecule has 0 aromatic heterocycles. The third-order valence-electron chi connectivity index (χ3n) is 2.46. The van der Waals surface area contributed by atoms with Crippen molar-refractivity contribution >= 4 is 5.69 Å². The van der Waals surface area contributed by atoms with Gasteiger partial charge in [-0.15, -0.1) is 0 Å². The van der Waals surface area contributed by atoms with Crippen molar-refractivity contribution in [2.45, 2.75) is 6.42 Å². The van der Waals surface area contributed by atoms with Crippen molar-refractivity contribution in [2.75, 3.05) is 24.6 Å². The highest BCUT2D eigenvalue weighted by Crippen LogP contribution is 2.26. The number of nitrogens with two attached hydrogens (primary N) is 1. The van der Waals surface area contributed by atoms with Crippen molar-refractivity contribution in [2.24, 2.45) is 5.90 Å². The van der Waals surface area contributed by atoms with Crippen molar-refractivity contribution in [3.8, 4) is 0 Å². The molecule has 0 amide bonds. The van der Waals surface area contributed by atoms with E-state index >= 15 is 0 Å². The lowest BCUT2D eigenvalue weighted by Gasteiger charge is -2.18. The van der Waals surface area contributed by atoms with E-state index in [4.69, 9.17) is 5.90 Å². The van der Waals surface area contributed by atoms with Gasteiger partial charge in [0.1, 0.15) is 0 Å². The molecule has 2 N–H and O–H groups in total. The molecule has 0 saturated heterocycles. The lowest BCUT2D eigenvalue weighted by atomic mass is 10.2. The van der Waals surface area contributed by atoms with Crippen LogP contribution in [0.25, 0.3) is 0 Å². The summed E-state index contributed by atoms with van der Waals surface area (Å²) in [6.07, 6.45) is 1.14. The van der Waals surface area contributed by atoms with E-state index in [0.717, 1.165) is 19.5 Å². The molecule has 2 rings (SSSR count). The second kappa shape index (κ2) is 3.77. The fourth-order valence-corrected chi connectivity index (χ4v) is 1.80. The number of hydrogen-bond acceptors (Lipinski definition) is 3. The molecule has 3 nitrogen and oxygen atoms in total. The third kappa shape index (κ3) is 1.66. The fraction of sp³-hybridized carbons (Fsp3) is 0.400. The van der Waals surface area contributed by atoms with Gasteiger partial charge in [-0.3, -0.25) is 0 Å². The molecule has 0 bridgehead atoms. The van der Waals surface area contributed by atoms with Crippen LogP contribution < -0.4 is 10.8 Å². The Morgan fingerprint density at radius 2 is 2.23 bits per heavy atom. The van der Waals surface area contributed by atoms with E-state index in [1.54, 1.807) is 0 Å². The van der Waals surface area contributed by atoms with Gasteiger partial charge in [0.2, 0.25) is 0 Å². The minimum atomic E-state index is 0.592. The Kier molecular flexibility index (Phi) is 2.47. The number of fused-ring (bicyclic) bond motifs is 1. The molecular weight excluding hydrogens is 164 g/mol. The third-order valence-corrected chi connectivity index (χ3v) is 2.46. The van der Waals surface area contributed by atoms with Gasteiger partial charge in [0.25, 0.3) is 0 Å². The van der Waals surface area contributed by atoms with Gasteiger partial charge in [0.15, 0.2) is 0 Å². The van der Waals surface area contributed by atoms with Crippen LogP contribution in [-0.4, -0.2) is 19.7 Å². The first-order valence-electron chi connectivity index (χ1n) is 4.56. The SMILES string of the molecule is NOCCN1CCc2ccccc21. The predicted molar refractivity (Wildman–Crippen MR) is 52.5 cm³/mol. The van der Waals surface area contributed by atoms with E-state index in [2.05, 4.69) is 34.0 Å². The van der Waals surface area contributed by atoms with Crippen LogP contribution in [-0.2, 0) is 11.3 Å². The Hall–Kier alpha value is -1.06. The van der Waals surface area contributed by atoms with Crippen LogP contribution in [0.3, 0.4) is 0 Å². The molecule has 0 fully saturated rings. The van der Waals surface area contributed by atoms with Crippen molar-refractivity contribution in [1.82, 2.24) is 0 Å². The molecule has 1 aliphatic rings. The minimum Gasteiger partial charge on any atom is -0.369 e. The highest BCUT2D eigenvalue weighted by atomic mass is 16.6. The zero-order valence-electron chi connectivity index (χ0n) is 7.57. The fourth-order valence-electron chi connectivity index (χ4n) is 1.80. The average molecular weight is 178 g/mol. The monoisotopic (exact) mass is 178 g/mol. The molecule has 1 aliphatic heterocycles. The van der Waals surface area contributed by atoms with Gasteiger partial charge in [-0.2, -0.15) is 0 Å². The van der Waals surface area contributed by atoms with Crippen LogP contribution in [0.4, 0.5) is 5.69 Å². The highest BCUT2D eigenvalue weighted by molar-refractivity contribution is 5.57. The number of para-hydroxylation sites is 1. The van der Waals surface area contributed by atoms with Gasteiger partial charge in [-0.05, 0) is 18.1 Å². The number of nitrogens with zero attached hydrogens (tertiary/aromatic N) is 1. The smallest absolute Gasteiger partial charge is 0.0854 e. The number of anilines is 1. The molecule has 13 heavy (non-hydrogen) atoms. The van der Waals surface area contributed by atoms with E-state index in [9.17, 15) is 0 Å². The summed E-state index contributed by atoms with van der Waals surface area (Å²) < 4.78 is 0. The molecule has 1 heterocycles. The van der Waals surface area contributed by atoms with Crippen LogP contribution in [0.15, 0.2) is 24.3 Å². The van der Waals surface area contributed by atoms with Crippen molar-refractivity contribution < 1.29 is 4.84 Å². The summed E-state index contributed by atoms with van der Waals surface area (Å²) >= 11 is 0. The lowest BCUT2D eigenvalue weighted by molar-refractivity contribution is 0.144. The maximum absolute atomic E-state index is 5.00. The lowest BCUT2D eigenvalue weighted by Crippen LogP contribution is -2.26. The van der Waals surface area contributed by atoms with E-state index in [0.29, 0.717) is 6.61 Å². The van der Waals surface area contributed by atoms with E-state index in [-0.39, 0.29) is 0 Å². The van der Waals surface area contributed by atoms with Crippen molar-refractivity contribution in [3.63, 3.8) is 0 Å². The van der Waals surface area contributed by atoms with Crippen LogP contribution in [0, 0.1) is 0 Å². The molecule has 0 radical (unpaired) electrons. The van der Waals surface area contributed by atoms with E-state index in [1.165, 1.54) is 11.3 Å². The Balaban J connectivity index is 2.09. The highest BCUT2D eigenvalue weighted by Gasteiger charge is 2.16. The topological polar surface area (TPSA) is 38.5 Å². The first-order valence-corrected chi connectivity index (χ1v) is 4.56. The molecule has 0 atom stereocenters. The van der Waals surface area contributed by atoms with E-state index < -0.39 is 0 Å². The minimum absolute atomic E-state index is 0.592. The van der Waals surface area contributed by atoms with Gasteiger partial charge in [0, 0.05) is 18.8 Å². The van der Waals surface area contributed by atoms with Gasteiger partial charge in [0.05, 0.1) is 6.61 Å². The Morgan fingerprint density at radius 1 is 1.38 bits per heavy atom. The molecule has 70 valence electrons. The maximum Gasteiger partial charge on any atom is 0.0854 e. The van der Waals surface area contributed by atoms with Gasteiger partial charge < -0.3 is 9.74 Å². The van der Waals surface area contributed by atoms with Crippen LogP contribution in [0.2, 0.25) is 0 Å². The molecule has 0 spiro atoms. The molecule has 0 aliphatic carbocycles. The van der Waals surface area contributed by atoms with Crippen LogP contribution in [0.5, 0.6) is 0 Å². The molecular formula is C10H14N2O. The zero-order valence-corrected chi connectivity index (χ0v) is 7.57.